The van der Waals surface area contributed by atoms with Crippen LogP contribution in [-0.4, -0.2) is 19.1 Å². The highest BCUT2D eigenvalue weighted by Crippen LogP contribution is 2.43. The summed E-state index contributed by atoms with van der Waals surface area (Å²) in [6.07, 6.45) is 3.82. The van der Waals surface area contributed by atoms with Gasteiger partial charge < -0.3 is 0 Å². The number of aryl methyl sites for hydroxylation is 2. The number of benzene rings is 8. The Labute approximate surface area is 409 Å². The standard InChI is InChI=1S/C65H64N4/c1-44(2)53-40-54(47-22-13-9-14-23-47)61(55(41-53)48-24-15-10-16-25-48)69-59-35-33-46(39-57(59)67-63(69)50-28-19-12-20-29-50)36-37-65(7,8)43-52-31-21-30-51(42-64(4,5)6)60(52)68-58-34-32-45(3)38-56(58)66-62(68)49-26-17-11-18-27-49/h9-35,38-41,44H,36-37,42-43H2,1-8H3. The first kappa shape index (κ1) is 45.5. The molecule has 4 nitrogen and oxygen atoms in total. The smallest absolute Gasteiger partial charge is 0.145 e. The molecule has 0 bridgehead atoms. The van der Waals surface area contributed by atoms with E-state index in [4.69, 9.17) is 9.97 Å². The Kier molecular flexibility index (Phi) is 12.3. The van der Waals surface area contributed by atoms with Gasteiger partial charge in [-0.05, 0) is 125 Å². The lowest BCUT2D eigenvalue weighted by atomic mass is 9.79. The predicted octanol–water partition coefficient (Wildman–Crippen LogP) is 17.3. The summed E-state index contributed by atoms with van der Waals surface area (Å²) >= 11 is 0. The Bertz CT molecular complexity index is 3340. The zero-order valence-corrected chi connectivity index (χ0v) is 41.6. The zero-order chi connectivity index (χ0) is 47.9. The summed E-state index contributed by atoms with van der Waals surface area (Å²) in [5.41, 5.74) is 20.3. The highest BCUT2D eigenvalue weighted by Gasteiger charge is 2.28. The molecule has 2 aromatic heterocycles. The monoisotopic (exact) mass is 901 g/mol. The third kappa shape index (κ3) is 9.46. The van der Waals surface area contributed by atoms with E-state index in [0.29, 0.717) is 5.92 Å². The minimum absolute atomic E-state index is 0.0220. The van der Waals surface area contributed by atoms with Gasteiger partial charge in [-0.1, -0.05) is 200 Å². The van der Waals surface area contributed by atoms with Crippen molar-refractivity contribution in [2.45, 2.75) is 87.0 Å². The number of aromatic nitrogens is 4. The molecule has 10 aromatic rings. The quantitative estimate of drug-likeness (QED) is 0.116. The summed E-state index contributed by atoms with van der Waals surface area (Å²) in [5, 5.41) is 0. The zero-order valence-electron chi connectivity index (χ0n) is 41.6. The molecule has 344 valence electrons. The molecule has 69 heavy (non-hydrogen) atoms. The van der Waals surface area contributed by atoms with Gasteiger partial charge in [-0.25, -0.2) is 9.97 Å². The Morgan fingerprint density at radius 3 is 1.43 bits per heavy atom. The van der Waals surface area contributed by atoms with E-state index in [1.807, 2.05) is 0 Å². The van der Waals surface area contributed by atoms with Crippen molar-refractivity contribution < 1.29 is 0 Å². The first-order valence-corrected chi connectivity index (χ1v) is 24.8. The molecule has 0 aliphatic rings. The van der Waals surface area contributed by atoms with Crippen molar-refractivity contribution in [1.29, 1.82) is 0 Å². The molecule has 0 atom stereocenters. The van der Waals surface area contributed by atoms with Gasteiger partial charge in [0.2, 0.25) is 0 Å². The van der Waals surface area contributed by atoms with Crippen LogP contribution in [0, 0.1) is 17.8 Å². The van der Waals surface area contributed by atoms with E-state index in [1.54, 1.807) is 0 Å². The molecule has 0 saturated carbocycles. The van der Waals surface area contributed by atoms with Crippen LogP contribution in [0.1, 0.15) is 88.6 Å². The topological polar surface area (TPSA) is 35.6 Å². The molecule has 0 spiro atoms. The third-order valence-corrected chi connectivity index (χ3v) is 13.7. The molecule has 0 radical (unpaired) electrons. The summed E-state index contributed by atoms with van der Waals surface area (Å²) in [6, 6.07) is 68.7. The molecule has 0 unspecified atom stereocenters. The van der Waals surface area contributed by atoms with Crippen molar-refractivity contribution in [2.75, 3.05) is 0 Å². The van der Waals surface area contributed by atoms with Crippen LogP contribution in [0.25, 0.3) is 78.5 Å². The average Bonchev–Trinajstić information content (AvgIpc) is 3.91. The highest BCUT2D eigenvalue weighted by molar-refractivity contribution is 5.93. The van der Waals surface area contributed by atoms with Crippen LogP contribution in [0.2, 0.25) is 0 Å². The number of hydrogen-bond donors (Lipinski definition) is 0. The molecule has 0 fully saturated rings. The average molecular weight is 901 g/mol. The van der Waals surface area contributed by atoms with Gasteiger partial charge in [0, 0.05) is 22.3 Å². The number of hydrogen-bond acceptors (Lipinski definition) is 2. The van der Waals surface area contributed by atoms with E-state index < -0.39 is 0 Å². The summed E-state index contributed by atoms with van der Waals surface area (Å²) in [5.74, 6) is 2.28. The van der Waals surface area contributed by atoms with Crippen molar-refractivity contribution in [3.8, 4) is 56.4 Å². The lowest BCUT2D eigenvalue weighted by Gasteiger charge is -2.29. The van der Waals surface area contributed by atoms with Crippen LogP contribution in [0.5, 0.6) is 0 Å². The Morgan fingerprint density at radius 2 is 0.928 bits per heavy atom. The van der Waals surface area contributed by atoms with Gasteiger partial charge in [0.15, 0.2) is 0 Å². The van der Waals surface area contributed by atoms with Gasteiger partial charge in [0.1, 0.15) is 11.6 Å². The summed E-state index contributed by atoms with van der Waals surface area (Å²) in [7, 11) is 0. The summed E-state index contributed by atoms with van der Waals surface area (Å²) in [6.45, 7) is 18.6. The second-order valence-electron chi connectivity index (χ2n) is 21.4. The van der Waals surface area contributed by atoms with E-state index in [-0.39, 0.29) is 10.8 Å². The first-order valence-electron chi connectivity index (χ1n) is 24.8. The van der Waals surface area contributed by atoms with Gasteiger partial charge in [-0.3, -0.25) is 9.13 Å². The molecule has 10 rings (SSSR count). The van der Waals surface area contributed by atoms with E-state index in [2.05, 4.69) is 253 Å². The van der Waals surface area contributed by atoms with Crippen molar-refractivity contribution >= 4 is 22.1 Å². The van der Waals surface area contributed by atoms with Crippen molar-refractivity contribution in [1.82, 2.24) is 19.1 Å². The SMILES string of the molecule is Cc1ccc2c(c1)nc(-c1ccccc1)n2-c1c(CC(C)(C)C)cccc1CC(C)(C)CCc1ccc2c(c1)nc(-c1ccccc1)n2-c1c(-c2ccccc2)cc(C(C)C)cc1-c1ccccc1. The van der Waals surface area contributed by atoms with Crippen LogP contribution >= 0.6 is 0 Å². The number of nitrogens with zero attached hydrogens (tertiary/aromatic N) is 4. The Morgan fingerprint density at radius 1 is 0.464 bits per heavy atom. The molecule has 0 saturated heterocycles. The number of rotatable bonds is 13. The maximum Gasteiger partial charge on any atom is 0.145 e. The Balaban J connectivity index is 1.06. The lowest BCUT2D eigenvalue weighted by Crippen LogP contribution is -2.19. The minimum Gasteiger partial charge on any atom is -0.292 e. The van der Waals surface area contributed by atoms with E-state index in [0.717, 1.165) is 76.2 Å². The summed E-state index contributed by atoms with van der Waals surface area (Å²) in [4.78, 5) is 10.9. The van der Waals surface area contributed by atoms with E-state index in [1.165, 1.54) is 55.8 Å². The molecule has 8 aromatic carbocycles. The van der Waals surface area contributed by atoms with Gasteiger partial charge in [-0.2, -0.15) is 0 Å². The van der Waals surface area contributed by atoms with Gasteiger partial charge in [-0.15, -0.1) is 0 Å². The number of para-hydroxylation sites is 1. The van der Waals surface area contributed by atoms with Crippen LogP contribution < -0.4 is 0 Å². The van der Waals surface area contributed by atoms with Crippen LogP contribution in [-0.2, 0) is 19.3 Å². The highest BCUT2D eigenvalue weighted by atomic mass is 15.1. The lowest BCUT2D eigenvalue weighted by molar-refractivity contribution is 0.332. The fourth-order valence-corrected chi connectivity index (χ4v) is 10.3. The van der Waals surface area contributed by atoms with Crippen LogP contribution in [0.4, 0.5) is 0 Å². The maximum atomic E-state index is 5.56. The maximum absolute atomic E-state index is 5.56. The number of fused-ring (bicyclic) bond motifs is 2. The molecular formula is C65H64N4. The minimum atomic E-state index is -0.0220. The summed E-state index contributed by atoms with van der Waals surface area (Å²) < 4.78 is 4.90. The van der Waals surface area contributed by atoms with Gasteiger partial charge in [0.25, 0.3) is 0 Å². The fourth-order valence-electron chi connectivity index (χ4n) is 10.3. The largest absolute Gasteiger partial charge is 0.292 e. The molecule has 0 N–H and O–H groups in total. The number of imidazole rings is 2. The molecule has 2 heterocycles. The van der Waals surface area contributed by atoms with Crippen LogP contribution in [0.3, 0.4) is 0 Å². The molecular weight excluding hydrogens is 837 g/mol. The fraction of sp³-hybridized carbons (Fsp3) is 0.231. The van der Waals surface area contributed by atoms with Crippen LogP contribution in [0.15, 0.2) is 188 Å². The van der Waals surface area contributed by atoms with Crippen molar-refractivity contribution in [3.63, 3.8) is 0 Å². The molecule has 4 heteroatoms. The van der Waals surface area contributed by atoms with Crippen molar-refractivity contribution in [3.05, 3.63) is 216 Å². The molecule has 0 aliphatic heterocycles. The predicted molar refractivity (Wildman–Crippen MR) is 292 cm³/mol. The molecule has 0 amide bonds. The third-order valence-electron chi connectivity index (χ3n) is 13.7. The van der Waals surface area contributed by atoms with E-state index in [9.17, 15) is 0 Å². The van der Waals surface area contributed by atoms with Gasteiger partial charge >= 0.3 is 0 Å². The van der Waals surface area contributed by atoms with Crippen molar-refractivity contribution in [2.24, 2.45) is 10.8 Å². The second kappa shape index (κ2) is 18.7. The second-order valence-corrected chi connectivity index (χ2v) is 21.4. The Hall–Kier alpha value is -7.30. The first-order chi connectivity index (χ1) is 33.3. The molecule has 0 aliphatic carbocycles. The van der Waals surface area contributed by atoms with Gasteiger partial charge in [0.05, 0.1) is 33.4 Å². The van der Waals surface area contributed by atoms with E-state index >= 15 is 0 Å². The normalized spacial score (nSPS) is 12.1.